The molecule has 0 heterocycles. The third-order valence-electron chi connectivity index (χ3n) is 8.59. The molecule has 0 bridgehead atoms. The van der Waals surface area contributed by atoms with E-state index in [4.69, 9.17) is 18.5 Å². The van der Waals surface area contributed by atoms with Crippen LogP contribution in [0.2, 0.25) is 0 Å². The summed E-state index contributed by atoms with van der Waals surface area (Å²) in [5, 5.41) is 20.0. The van der Waals surface area contributed by atoms with Crippen LogP contribution in [-0.4, -0.2) is 65.7 Å². The molecule has 11 heteroatoms. The normalized spacial score (nSPS) is 14.5. The van der Waals surface area contributed by atoms with E-state index in [2.05, 4.69) is 62.5 Å². The van der Waals surface area contributed by atoms with Gasteiger partial charge in [0.1, 0.15) is 25.4 Å². The number of aliphatic hydroxyl groups is 2. The fourth-order valence-corrected chi connectivity index (χ4v) is 6.08. The number of aliphatic hydroxyl groups excluding tert-OH is 2. The van der Waals surface area contributed by atoms with Crippen molar-refractivity contribution >= 4 is 19.8 Å². The van der Waals surface area contributed by atoms with Gasteiger partial charge in [-0.1, -0.05) is 139 Å². The molecule has 1 unspecified atom stereocenters. The average Bonchev–Trinajstić information content (AvgIpc) is 3.17. The Morgan fingerprint density at radius 2 is 0.800 bits per heavy atom. The maximum Gasteiger partial charge on any atom is 0.472 e. The lowest BCUT2D eigenvalue weighted by Gasteiger charge is -2.17. The standard InChI is InChI=1S/C44H77O10P/c1-3-5-7-9-11-13-15-17-19-20-22-24-26-28-30-32-34-36-44(48)52-38-42(46)40-54-55(49,50)53-39-41(45)37-51-43(47)35-33-31-29-27-25-23-21-18-16-14-12-10-8-6-4-2/h11,13,17-19,21-22,24,28,30,41-42,45-46H,3-10,12,14-16,20,23,25-27,29,31-40H2,1-2H3,(H,49,50)/b13-11-,19-17-,21-18-,24-22-,30-28-/t41-,42-/m1/s1. The van der Waals surface area contributed by atoms with Crippen molar-refractivity contribution in [2.45, 2.75) is 180 Å². The molecular formula is C44H77O10P. The van der Waals surface area contributed by atoms with Crippen LogP contribution in [-0.2, 0) is 32.7 Å². The summed E-state index contributed by atoms with van der Waals surface area (Å²) in [6.07, 6.45) is 43.5. The molecule has 0 amide bonds. The number of carbonyl (C=O) groups is 2. The third-order valence-corrected chi connectivity index (χ3v) is 9.54. The zero-order valence-corrected chi connectivity index (χ0v) is 35.3. The van der Waals surface area contributed by atoms with Crippen LogP contribution >= 0.6 is 7.82 Å². The highest BCUT2D eigenvalue weighted by Crippen LogP contribution is 2.43. The topological polar surface area (TPSA) is 149 Å². The van der Waals surface area contributed by atoms with Crippen molar-refractivity contribution in [1.29, 1.82) is 0 Å². The molecule has 55 heavy (non-hydrogen) atoms. The van der Waals surface area contributed by atoms with Gasteiger partial charge in [-0.15, -0.1) is 0 Å². The summed E-state index contributed by atoms with van der Waals surface area (Å²) in [6, 6.07) is 0. The molecule has 0 aromatic rings. The minimum atomic E-state index is -4.61. The van der Waals surface area contributed by atoms with E-state index in [1.165, 1.54) is 64.2 Å². The molecule has 0 aromatic carbocycles. The number of esters is 2. The van der Waals surface area contributed by atoms with E-state index in [0.717, 1.165) is 57.8 Å². The van der Waals surface area contributed by atoms with Crippen LogP contribution in [0.15, 0.2) is 60.8 Å². The van der Waals surface area contributed by atoms with Crippen LogP contribution in [0.4, 0.5) is 0 Å². The summed E-state index contributed by atoms with van der Waals surface area (Å²) in [5.41, 5.74) is 0. The fourth-order valence-electron chi connectivity index (χ4n) is 5.28. The van der Waals surface area contributed by atoms with Gasteiger partial charge in [-0.3, -0.25) is 18.6 Å². The molecule has 0 spiro atoms. The van der Waals surface area contributed by atoms with Crippen LogP contribution in [0.25, 0.3) is 0 Å². The molecule has 0 saturated heterocycles. The average molecular weight is 797 g/mol. The zero-order chi connectivity index (χ0) is 40.5. The molecule has 0 aromatic heterocycles. The molecule has 0 aliphatic heterocycles. The first kappa shape index (κ1) is 52.7. The smallest absolute Gasteiger partial charge is 0.463 e. The number of hydrogen-bond donors (Lipinski definition) is 3. The van der Waals surface area contributed by atoms with Crippen molar-refractivity contribution < 1.29 is 47.8 Å². The Morgan fingerprint density at radius 3 is 1.27 bits per heavy atom. The van der Waals surface area contributed by atoms with Crippen molar-refractivity contribution in [2.75, 3.05) is 26.4 Å². The molecule has 0 fully saturated rings. The van der Waals surface area contributed by atoms with Gasteiger partial charge in [-0.05, 0) is 77.0 Å². The summed E-state index contributed by atoms with van der Waals surface area (Å²) in [7, 11) is -4.61. The van der Waals surface area contributed by atoms with Gasteiger partial charge in [0.15, 0.2) is 0 Å². The van der Waals surface area contributed by atoms with E-state index in [-0.39, 0.29) is 19.4 Å². The molecule has 0 saturated carbocycles. The van der Waals surface area contributed by atoms with Gasteiger partial charge in [0.05, 0.1) is 13.2 Å². The summed E-state index contributed by atoms with van der Waals surface area (Å²) < 4.78 is 31.6. The van der Waals surface area contributed by atoms with Crippen LogP contribution < -0.4 is 0 Å². The van der Waals surface area contributed by atoms with Crippen molar-refractivity contribution in [3.63, 3.8) is 0 Å². The van der Waals surface area contributed by atoms with Gasteiger partial charge >= 0.3 is 19.8 Å². The van der Waals surface area contributed by atoms with E-state index in [9.17, 15) is 29.3 Å². The lowest BCUT2D eigenvalue weighted by atomic mass is 10.1. The predicted molar refractivity (Wildman–Crippen MR) is 224 cm³/mol. The van der Waals surface area contributed by atoms with E-state index < -0.39 is 51.8 Å². The largest absolute Gasteiger partial charge is 0.472 e. The summed E-state index contributed by atoms with van der Waals surface area (Å²) >= 11 is 0. The maximum absolute atomic E-state index is 12.1. The lowest BCUT2D eigenvalue weighted by molar-refractivity contribution is -0.147. The zero-order valence-electron chi connectivity index (χ0n) is 34.4. The summed E-state index contributed by atoms with van der Waals surface area (Å²) in [6.45, 7) is 2.43. The first-order chi connectivity index (χ1) is 26.7. The first-order valence-electron chi connectivity index (χ1n) is 21.2. The van der Waals surface area contributed by atoms with Crippen molar-refractivity contribution in [1.82, 2.24) is 0 Å². The number of hydrogen-bond acceptors (Lipinski definition) is 9. The van der Waals surface area contributed by atoms with E-state index >= 15 is 0 Å². The summed E-state index contributed by atoms with van der Waals surface area (Å²) in [5.74, 6) is -0.943. The lowest BCUT2D eigenvalue weighted by Crippen LogP contribution is -2.25. The van der Waals surface area contributed by atoms with Gasteiger partial charge < -0.3 is 24.6 Å². The third kappa shape index (κ3) is 41.1. The van der Waals surface area contributed by atoms with E-state index in [1.807, 2.05) is 12.2 Å². The maximum atomic E-state index is 12.1. The van der Waals surface area contributed by atoms with Gasteiger partial charge in [0.2, 0.25) is 0 Å². The highest BCUT2D eigenvalue weighted by molar-refractivity contribution is 7.47. The van der Waals surface area contributed by atoms with E-state index in [1.54, 1.807) is 0 Å². The second-order valence-corrected chi connectivity index (χ2v) is 15.5. The van der Waals surface area contributed by atoms with Crippen LogP contribution in [0.1, 0.15) is 168 Å². The molecule has 0 rings (SSSR count). The monoisotopic (exact) mass is 797 g/mol. The minimum Gasteiger partial charge on any atom is -0.463 e. The number of rotatable bonds is 39. The molecule has 3 atom stereocenters. The van der Waals surface area contributed by atoms with Crippen molar-refractivity contribution in [3.8, 4) is 0 Å². The minimum absolute atomic E-state index is 0.174. The van der Waals surface area contributed by atoms with Gasteiger partial charge in [0, 0.05) is 12.8 Å². The fraction of sp³-hybridized carbons (Fsp3) is 0.727. The number of ether oxygens (including phenoxy) is 2. The Morgan fingerprint density at radius 1 is 0.473 bits per heavy atom. The summed E-state index contributed by atoms with van der Waals surface area (Å²) in [4.78, 5) is 33.8. The Bertz CT molecular complexity index is 1100. The van der Waals surface area contributed by atoms with Crippen molar-refractivity contribution in [3.05, 3.63) is 60.8 Å². The molecule has 0 radical (unpaired) electrons. The number of carbonyl (C=O) groups excluding carboxylic acids is 2. The predicted octanol–water partition coefficient (Wildman–Crippen LogP) is 11.1. The number of phosphoric ester groups is 1. The van der Waals surface area contributed by atoms with Gasteiger partial charge in [0.25, 0.3) is 0 Å². The Balaban J connectivity index is 3.80. The van der Waals surface area contributed by atoms with E-state index in [0.29, 0.717) is 19.3 Å². The van der Waals surface area contributed by atoms with Gasteiger partial charge in [-0.2, -0.15) is 0 Å². The molecule has 318 valence electrons. The van der Waals surface area contributed by atoms with Crippen LogP contribution in [0, 0.1) is 0 Å². The first-order valence-corrected chi connectivity index (χ1v) is 22.7. The highest BCUT2D eigenvalue weighted by atomic mass is 31.2. The second kappa shape index (κ2) is 39.9. The Labute approximate surface area is 334 Å². The molecule has 3 N–H and O–H groups in total. The SMILES string of the molecule is CCCCC/C=C\C/C=C\C/C=C\C/C=C\CCCC(=O)OC[C@@H](O)COP(=O)(O)OC[C@H](O)COC(=O)CCCCCCC/C=C\CCCCCCCC. The quantitative estimate of drug-likeness (QED) is 0.0237. The molecular weight excluding hydrogens is 719 g/mol. The Hall–Kier alpha value is -2.33. The molecule has 0 aliphatic rings. The Kier molecular flexibility index (Phi) is 38.2. The molecule has 10 nitrogen and oxygen atoms in total. The second-order valence-electron chi connectivity index (χ2n) is 14.0. The number of phosphoric acid groups is 1. The highest BCUT2D eigenvalue weighted by Gasteiger charge is 2.25. The van der Waals surface area contributed by atoms with Gasteiger partial charge in [-0.25, -0.2) is 4.57 Å². The van der Waals surface area contributed by atoms with Crippen LogP contribution in [0.3, 0.4) is 0 Å². The number of unbranched alkanes of at least 4 members (excludes halogenated alkanes) is 15. The van der Waals surface area contributed by atoms with Crippen molar-refractivity contribution in [2.24, 2.45) is 0 Å². The molecule has 0 aliphatic carbocycles. The number of allylic oxidation sites excluding steroid dienone is 10. The van der Waals surface area contributed by atoms with Crippen LogP contribution in [0.5, 0.6) is 0 Å².